The monoisotopic (exact) mass is 474 g/mol. The predicted molar refractivity (Wildman–Crippen MR) is 124 cm³/mol. The van der Waals surface area contributed by atoms with Gasteiger partial charge in [0.25, 0.3) is 0 Å². The van der Waals surface area contributed by atoms with Gasteiger partial charge in [-0.3, -0.25) is 4.21 Å². The number of hydrogen-bond acceptors (Lipinski definition) is 7. The Balaban J connectivity index is 1.22. The quantitative estimate of drug-likeness (QED) is 0.685. The summed E-state index contributed by atoms with van der Waals surface area (Å²) in [6.07, 6.45) is 5.15. The van der Waals surface area contributed by atoms with Crippen LogP contribution in [0.1, 0.15) is 43.6 Å². The minimum Gasteiger partial charge on any atom is -0.463 e. The molecular weight excluding hydrogens is 448 g/mol. The van der Waals surface area contributed by atoms with Gasteiger partial charge in [-0.15, -0.1) is 0 Å². The van der Waals surface area contributed by atoms with Crippen molar-refractivity contribution < 1.29 is 14.1 Å². The number of hydrogen-bond donors (Lipinski definition) is 2. The highest BCUT2D eigenvalue weighted by molar-refractivity contribution is 7.85. The fourth-order valence-electron chi connectivity index (χ4n) is 5.76. The lowest BCUT2D eigenvalue weighted by Gasteiger charge is -2.41. The van der Waals surface area contributed by atoms with Gasteiger partial charge < -0.3 is 20.1 Å². The Hall–Kier alpha value is -1.90. The number of nitrogens with zero attached hydrogens (tertiary/aromatic N) is 3. The summed E-state index contributed by atoms with van der Waals surface area (Å²) in [6, 6.07) is 8.27. The molecule has 9 heteroatoms. The lowest BCUT2D eigenvalue weighted by atomic mass is 9.77. The highest BCUT2D eigenvalue weighted by Gasteiger charge is 2.43. The minimum atomic E-state index is -1.29. The van der Waals surface area contributed by atoms with E-state index in [2.05, 4.69) is 27.3 Å². The Morgan fingerprint density at radius 1 is 1.19 bits per heavy atom. The standard InChI is InChI=1S/C23H27ClN4O3S/c24-18-4-2-14(3-5-18)15-8-16-10-28(11-17(16)9-15)22-25-20(27-23(12-29)6-1-7-23)19-21(26-22)31-13-32(19)30/h2-5,15-17,29H,1,6-13H2,(H,25,26,27)/t15?,16?,17?,32-/m1/s1. The number of fused-ring (bicyclic) bond motifs is 2. The van der Waals surface area contributed by atoms with Crippen LogP contribution in [0, 0.1) is 11.8 Å². The molecule has 3 heterocycles. The Bertz CT molecular complexity index is 1040. The summed E-state index contributed by atoms with van der Waals surface area (Å²) in [4.78, 5) is 12.2. The second-order valence-corrected chi connectivity index (χ2v) is 11.4. The first-order valence-corrected chi connectivity index (χ1v) is 13.1. The van der Waals surface area contributed by atoms with Crippen LogP contribution >= 0.6 is 11.6 Å². The van der Waals surface area contributed by atoms with Gasteiger partial charge in [-0.05, 0) is 67.6 Å². The first kappa shape index (κ1) is 20.7. The molecule has 32 heavy (non-hydrogen) atoms. The third kappa shape index (κ3) is 3.47. The van der Waals surface area contributed by atoms with E-state index in [1.807, 2.05) is 12.1 Å². The van der Waals surface area contributed by atoms with Crippen LogP contribution < -0.4 is 15.0 Å². The summed E-state index contributed by atoms with van der Waals surface area (Å²) in [5.74, 6) is 3.52. The van der Waals surface area contributed by atoms with Gasteiger partial charge in [0.2, 0.25) is 11.8 Å². The Labute approximate surface area is 195 Å². The first-order chi connectivity index (χ1) is 15.5. The molecule has 3 atom stereocenters. The normalized spacial score (nSPS) is 29.9. The maximum atomic E-state index is 12.5. The van der Waals surface area contributed by atoms with Crippen LogP contribution in [0.5, 0.6) is 5.88 Å². The zero-order chi connectivity index (χ0) is 21.9. The zero-order valence-corrected chi connectivity index (χ0v) is 19.4. The van der Waals surface area contributed by atoms with E-state index in [1.54, 1.807) is 0 Å². The van der Waals surface area contributed by atoms with Gasteiger partial charge in [0.1, 0.15) is 15.7 Å². The van der Waals surface area contributed by atoms with Crippen LogP contribution in [0.3, 0.4) is 0 Å². The third-order valence-corrected chi connectivity index (χ3v) is 9.13. The van der Waals surface area contributed by atoms with Crippen molar-refractivity contribution >= 4 is 34.2 Å². The van der Waals surface area contributed by atoms with Crippen LogP contribution in [-0.2, 0) is 10.8 Å². The average molecular weight is 475 g/mol. The first-order valence-electron chi connectivity index (χ1n) is 11.4. The van der Waals surface area contributed by atoms with Gasteiger partial charge in [0.05, 0.1) is 12.1 Å². The number of benzene rings is 1. The van der Waals surface area contributed by atoms with E-state index in [-0.39, 0.29) is 18.1 Å². The highest BCUT2D eigenvalue weighted by Crippen LogP contribution is 2.48. The molecule has 0 spiro atoms. The van der Waals surface area contributed by atoms with Crippen molar-refractivity contribution in [2.75, 3.05) is 35.9 Å². The fraction of sp³-hybridized carbons (Fsp3) is 0.565. The fourth-order valence-corrected chi connectivity index (χ4v) is 6.84. The molecule has 2 aliphatic carbocycles. The summed E-state index contributed by atoms with van der Waals surface area (Å²) in [5, 5.41) is 14.1. The smallest absolute Gasteiger partial charge is 0.238 e. The van der Waals surface area contributed by atoms with Crippen molar-refractivity contribution in [1.29, 1.82) is 0 Å². The molecule has 2 aliphatic heterocycles. The number of ether oxygens (including phenoxy) is 1. The Morgan fingerprint density at radius 3 is 2.53 bits per heavy atom. The predicted octanol–water partition coefficient (Wildman–Crippen LogP) is 3.54. The largest absolute Gasteiger partial charge is 0.463 e. The number of anilines is 2. The summed E-state index contributed by atoms with van der Waals surface area (Å²) in [7, 11) is -1.29. The average Bonchev–Trinajstić information content (AvgIpc) is 3.44. The van der Waals surface area contributed by atoms with Gasteiger partial charge in [-0.1, -0.05) is 23.7 Å². The Morgan fingerprint density at radius 2 is 1.91 bits per heavy atom. The molecule has 1 aromatic heterocycles. The molecule has 1 aromatic carbocycles. The molecule has 7 nitrogen and oxygen atoms in total. The van der Waals surface area contributed by atoms with Gasteiger partial charge in [0.15, 0.2) is 11.8 Å². The highest BCUT2D eigenvalue weighted by atomic mass is 35.5. The van der Waals surface area contributed by atoms with Gasteiger partial charge in [-0.25, -0.2) is 0 Å². The van der Waals surface area contributed by atoms with E-state index in [0.29, 0.717) is 40.3 Å². The minimum absolute atomic E-state index is 0.0363. The topological polar surface area (TPSA) is 87.6 Å². The maximum absolute atomic E-state index is 12.5. The molecule has 0 amide bonds. The molecule has 2 N–H and O–H groups in total. The number of aromatic nitrogens is 2. The molecule has 2 unspecified atom stereocenters. The van der Waals surface area contributed by atoms with E-state index in [0.717, 1.165) is 50.2 Å². The van der Waals surface area contributed by atoms with Gasteiger partial charge in [0, 0.05) is 18.1 Å². The van der Waals surface area contributed by atoms with Gasteiger partial charge >= 0.3 is 0 Å². The van der Waals surface area contributed by atoms with Crippen molar-refractivity contribution in [3.8, 4) is 5.88 Å². The zero-order valence-electron chi connectivity index (χ0n) is 17.8. The second kappa shape index (κ2) is 7.85. The molecular formula is C23H27ClN4O3S. The molecule has 2 aromatic rings. The number of aliphatic hydroxyl groups is 1. The Kier molecular flexibility index (Phi) is 5.08. The van der Waals surface area contributed by atoms with Gasteiger partial charge in [-0.2, -0.15) is 9.97 Å². The maximum Gasteiger partial charge on any atom is 0.238 e. The van der Waals surface area contributed by atoms with E-state index >= 15 is 0 Å². The molecule has 0 radical (unpaired) electrons. The molecule has 170 valence electrons. The molecule has 6 rings (SSSR count). The van der Waals surface area contributed by atoms with Crippen molar-refractivity contribution in [2.24, 2.45) is 11.8 Å². The van der Waals surface area contributed by atoms with Crippen LogP contribution in [0.25, 0.3) is 0 Å². The summed E-state index contributed by atoms with van der Waals surface area (Å²) in [5.41, 5.74) is 1.00. The van der Waals surface area contributed by atoms with Crippen LogP contribution in [0.15, 0.2) is 29.2 Å². The molecule has 4 aliphatic rings. The number of rotatable bonds is 5. The van der Waals surface area contributed by atoms with Crippen molar-refractivity contribution in [3.05, 3.63) is 34.9 Å². The number of halogens is 1. The SMILES string of the molecule is O=[S@@]1COc2nc(N3CC4CC(c5ccc(Cl)cc5)CC4C3)nc(NC3(CO)CCC3)c21. The van der Waals surface area contributed by atoms with E-state index in [1.165, 1.54) is 5.56 Å². The molecule has 2 saturated carbocycles. The molecule has 0 bridgehead atoms. The van der Waals surface area contributed by atoms with E-state index in [9.17, 15) is 9.32 Å². The second-order valence-electron chi connectivity index (χ2n) is 9.68. The van der Waals surface area contributed by atoms with E-state index < -0.39 is 10.8 Å². The van der Waals surface area contributed by atoms with Crippen molar-refractivity contribution in [1.82, 2.24) is 9.97 Å². The third-order valence-electron chi connectivity index (χ3n) is 7.73. The van der Waals surface area contributed by atoms with Crippen LogP contribution in [0.2, 0.25) is 5.02 Å². The number of nitrogens with one attached hydrogen (secondary N) is 1. The number of aliphatic hydroxyl groups excluding tert-OH is 1. The summed E-state index contributed by atoms with van der Waals surface area (Å²) in [6.45, 7) is 1.87. The van der Waals surface area contributed by atoms with Crippen molar-refractivity contribution in [2.45, 2.75) is 48.5 Å². The van der Waals surface area contributed by atoms with Crippen LogP contribution in [-0.4, -0.2) is 50.5 Å². The lowest BCUT2D eigenvalue weighted by Crippen LogP contribution is -2.48. The summed E-state index contributed by atoms with van der Waals surface area (Å²) < 4.78 is 18.2. The van der Waals surface area contributed by atoms with E-state index in [4.69, 9.17) is 21.3 Å². The van der Waals surface area contributed by atoms with Crippen LogP contribution in [0.4, 0.5) is 11.8 Å². The van der Waals surface area contributed by atoms with Crippen molar-refractivity contribution in [3.63, 3.8) is 0 Å². The molecule has 3 fully saturated rings. The summed E-state index contributed by atoms with van der Waals surface area (Å²) >= 11 is 6.06. The lowest BCUT2D eigenvalue weighted by molar-refractivity contribution is 0.143. The molecule has 1 saturated heterocycles.